The van der Waals surface area contributed by atoms with Crippen molar-refractivity contribution in [1.29, 1.82) is 0 Å². The molecule has 1 saturated heterocycles. The molecule has 1 heterocycles. The molecule has 2 N–H and O–H groups in total. The van der Waals surface area contributed by atoms with E-state index in [0.29, 0.717) is 11.5 Å². The third-order valence-corrected chi connectivity index (χ3v) is 4.85. The lowest BCUT2D eigenvalue weighted by molar-refractivity contribution is -0.117. The zero-order chi connectivity index (χ0) is 18.4. The topological polar surface area (TPSA) is 44.4 Å². The zero-order valence-corrected chi connectivity index (χ0v) is 15.9. The Hall–Kier alpha value is -2.40. The number of thiocarbonyl (C=S) groups is 1. The molecule has 1 amide bonds. The van der Waals surface area contributed by atoms with Gasteiger partial charge in [0.1, 0.15) is 0 Å². The van der Waals surface area contributed by atoms with Crippen LogP contribution in [0.1, 0.15) is 30.4 Å². The summed E-state index contributed by atoms with van der Waals surface area (Å²) in [6.45, 7) is 3.65. The quantitative estimate of drug-likeness (QED) is 0.597. The Morgan fingerprint density at radius 3 is 2.73 bits per heavy atom. The number of benzene rings is 2. The van der Waals surface area contributed by atoms with E-state index in [9.17, 15) is 4.79 Å². The summed E-state index contributed by atoms with van der Waals surface area (Å²) in [6.07, 6.45) is 3.62. The number of rotatable bonds is 6. The minimum absolute atomic E-state index is 0.201. The van der Waals surface area contributed by atoms with Crippen LogP contribution in [0.25, 0.3) is 0 Å². The molecule has 1 aliphatic heterocycles. The summed E-state index contributed by atoms with van der Waals surface area (Å²) in [5.74, 6) is 0.201. The fourth-order valence-electron chi connectivity index (χ4n) is 3.20. The third-order valence-electron chi connectivity index (χ3n) is 4.60. The lowest BCUT2D eigenvalue weighted by atomic mass is 10.1. The summed E-state index contributed by atoms with van der Waals surface area (Å²) in [6, 6.07) is 16.5. The zero-order valence-electron chi connectivity index (χ0n) is 15.1. The second-order valence-electron chi connectivity index (χ2n) is 6.62. The Morgan fingerprint density at radius 1 is 1.19 bits per heavy atom. The number of carbonyl (C=O) groups is 1. The van der Waals surface area contributed by atoms with E-state index in [0.717, 1.165) is 49.3 Å². The molecule has 5 heteroatoms. The molecule has 26 heavy (non-hydrogen) atoms. The first-order valence-electron chi connectivity index (χ1n) is 9.13. The van der Waals surface area contributed by atoms with E-state index in [1.54, 1.807) is 0 Å². The Bertz CT molecular complexity index is 776. The smallest absolute Gasteiger partial charge is 0.227 e. The Morgan fingerprint density at radius 2 is 2.00 bits per heavy atom. The van der Waals surface area contributed by atoms with E-state index >= 15 is 0 Å². The number of amides is 1. The van der Waals surface area contributed by atoms with Gasteiger partial charge in [-0.05, 0) is 61.7 Å². The number of carbonyl (C=O) groups excluding carboxylic acids is 1. The van der Waals surface area contributed by atoms with Gasteiger partial charge in [-0.1, -0.05) is 36.4 Å². The summed E-state index contributed by atoms with van der Waals surface area (Å²) < 4.78 is 0. The summed E-state index contributed by atoms with van der Waals surface area (Å²) in [5.41, 5.74) is 4.33. The minimum atomic E-state index is 0.201. The molecule has 0 saturated carbocycles. The number of nitrogens with zero attached hydrogens (tertiary/aromatic N) is 1. The van der Waals surface area contributed by atoms with Gasteiger partial charge in [0, 0.05) is 30.9 Å². The molecule has 0 atom stereocenters. The molecule has 0 aliphatic carbocycles. The van der Waals surface area contributed by atoms with Crippen LogP contribution < -0.4 is 15.5 Å². The third kappa shape index (κ3) is 4.82. The number of anilines is 2. The molecule has 1 aliphatic rings. The van der Waals surface area contributed by atoms with Gasteiger partial charge in [0.05, 0.1) is 0 Å². The van der Waals surface area contributed by atoms with Crippen LogP contribution in [0.2, 0.25) is 0 Å². The van der Waals surface area contributed by atoms with E-state index in [4.69, 9.17) is 12.2 Å². The van der Waals surface area contributed by atoms with Crippen LogP contribution >= 0.6 is 12.2 Å². The molecule has 136 valence electrons. The largest absolute Gasteiger partial charge is 0.362 e. The number of hydrogen-bond acceptors (Lipinski definition) is 2. The van der Waals surface area contributed by atoms with E-state index in [2.05, 4.69) is 34.9 Å². The summed E-state index contributed by atoms with van der Waals surface area (Å²) >= 11 is 5.40. The van der Waals surface area contributed by atoms with Crippen molar-refractivity contribution in [3.63, 3.8) is 0 Å². The Kier molecular flexibility index (Phi) is 6.23. The first kappa shape index (κ1) is 18.4. The summed E-state index contributed by atoms with van der Waals surface area (Å²) in [7, 11) is 0. The van der Waals surface area contributed by atoms with E-state index < -0.39 is 0 Å². The molecular weight excluding hydrogens is 342 g/mol. The van der Waals surface area contributed by atoms with Gasteiger partial charge in [-0.15, -0.1) is 0 Å². The highest BCUT2D eigenvalue weighted by Crippen LogP contribution is 2.28. The van der Waals surface area contributed by atoms with Crippen molar-refractivity contribution in [3.8, 4) is 0 Å². The van der Waals surface area contributed by atoms with Crippen LogP contribution in [-0.4, -0.2) is 24.1 Å². The Labute approximate surface area is 160 Å². The van der Waals surface area contributed by atoms with Crippen molar-refractivity contribution >= 4 is 34.6 Å². The van der Waals surface area contributed by atoms with Gasteiger partial charge in [-0.2, -0.15) is 0 Å². The van der Waals surface area contributed by atoms with Gasteiger partial charge < -0.3 is 15.5 Å². The monoisotopic (exact) mass is 367 g/mol. The predicted octanol–water partition coefficient (Wildman–Crippen LogP) is 4.04. The maximum absolute atomic E-state index is 12.0. The van der Waals surface area contributed by atoms with Crippen molar-refractivity contribution in [1.82, 2.24) is 5.32 Å². The second-order valence-corrected chi connectivity index (χ2v) is 7.03. The number of nitrogens with one attached hydrogen (secondary N) is 2. The highest BCUT2D eigenvalue weighted by atomic mass is 32.1. The van der Waals surface area contributed by atoms with Crippen LogP contribution in [0, 0.1) is 6.92 Å². The molecule has 0 aromatic heterocycles. The fraction of sp³-hybridized carbons (Fsp3) is 0.333. The molecule has 2 aromatic rings. The van der Waals surface area contributed by atoms with Crippen molar-refractivity contribution < 1.29 is 4.79 Å². The van der Waals surface area contributed by atoms with Crippen LogP contribution in [0.15, 0.2) is 48.5 Å². The minimum Gasteiger partial charge on any atom is -0.362 e. The van der Waals surface area contributed by atoms with Crippen LogP contribution in [-0.2, 0) is 11.2 Å². The number of hydrogen-bond donors (Lipinski definition) is 2. The van der Waals surface area contributed by atoms with Gasteiger partial charge in [0.25, 0.3) is 0 Å². The molecule has 0 bridgehead atoms. The van der Waals surface area contributed by atoms with Crippen LogP contribution in [0.4, 0.5) is 11.4 Å². The molecular formula is C21H25N3OS. The van der Waals surface area contributed by atoms with Gasteiger partial charge in [0.15, 0.2) is 5.11 Å². The van der Waals surface area contributed by atoms with Crippen LogP contribution in [0.5, 0.6) is 0 Å². The standard InChI is InChI=1S/C21H25N3OS/c1-16-11-12-18(15-19(16)24-14-6-10-20(24)25)23-21(26)22-13-5-9-17-7-3-2-4-8-17/h2-4,7-8,11-12,15H,5-6,9-10,13-14H2,1H3,(H2,22,23,26). The summed E-state index contributed by atoms with van der Waals surface area (Å²) in [4.78, 5) is 13.9. The average Bonchev–Trinajstić information content (AvgIpc) is 3.07. The molecule has 0 radical (unpaired) electrons. The Balaban J connectivity index is 1.50. The number of aryl methyl sites for hydroxylation is 2. The van der Waals surface area contributed by atoms with Crippen molar-refractivity contribution in [3.05, 3.63) is 59.7 Å². The highest BCUT2D eigenvalue weighted by molar-refractivity contribution is 7.80. The predicted molar refractivity (Wildman–Crippen MR) is 112 cm³/mol. The first-order chi connectivity index (χ1) is 12.6. The highest BCUT2D eigenvalue weighted by Gasteiger charge is 2.23. The fourth-order valence-corrected chi connectivity index (χ4v) is 3.42. The molecule has 3 rings (SSSR count). The van der Waals surface area contributed by atoms with Crippen molar-refractivity contribution in [2.45, 2.75) is 32.6 Å². The molecule has 4 nitrogen and oxygen atoms in total. The van der Waals surface area contributed by atoms with Gasteiger partial charge in [0.2, 0.25) is 5.91 Å². The van der Waals surface area contributed by atoms with E-state index in [1.807, 2.05) is 36.1 Å². The molecule has 1 fully saturated rings. The van der Waals surface area contributed by atoms with Gasteiger partial charge >= 0.3 is 0 Å². The lowest BCUT2D eigenvalue weighted by Gasteiger charge is -2.20. The van der Waals surface area contributed by atoms with Crippen LogP contribution in [0.3, 0.4) is 0 Å². The van der Waals surface area contributed by atoms with Gasteiger partial charge in [-0.3, -0.25) is 4.79 Å². The van der Waals surface area contributed by atoms with Crippen molar-refractivity contribution in [2.24, 2.45) is 0 Å². The normalized spacial score (nSPS) is 13.7. The second kappa shape index (κ2) is 8.81. The first-order valence-corrected chi connectivity index (χ1v) is 9.54. The molecule has 0 unspecified atom stereocenters. The average molecular weight is 368 g/mol. The van der Waals surface area contributed by atoms with Crippen molar-refractivity contribution in [2.75, 3.05) is 23.3 Å². The van der Waals surface area contributed by atoms with E-state index in [-0.39, 0.29) is 5.91 Å². The van der Waals surface area contributed by atoms with Gasteiger partial charge in [-0.25, -0.2) is 0 Å². The maximum Gasteiger partial charge on any atom is 0.227 e. The van der Waals surface area contributed by atoms with E-state index in [1.165, 1.54) is 5.56 Å². The molecule has 0 spiro atoms. The lowest BCUT2D eigenvalue weighted by Crippen LogP contribution is -2.30. The maximum atomic E-state index is 12.0. The summed E-state index contributed by atoms with van der Waals surface area (Å²) in [5, 5.41) is 7.09. The SMILES string of the molecule is Cc1ccc(NC(=S)NCCCc2ccccc2)cc1N1CCCC1=O. The molecule has 2 aromatic carbocycles.